The zero-order chi connectivity index (χ0) is 15.8. The highest BCUT2D eigenvalue weighted by molar-refractivity contribution is 6.14. The van der Waals surface area contributed by atoms with Crippen LogP contribution in [0.3, 0.4) is 0 Å². The first kappa shape index (κ1) is 13.0. The minimum absolute atomic E-state index is 0.647. The van der Waals surface area contributed by atoms with Crippen molar-refractivity contribution in [2.45, 2.75) is 44.4 Å². The molecule has 1 saturated carbocycles. The zero-order valence-corrected chi connectivity index (χ0v) is 13.9. The molecule has 4 aromatic rings. The summed E-state index contributed by atoms with van der Waals surface area (Å²) in [5.41, 5.74) is 6.95. The van der Waals surface area contributed by atoms with Crippen LogP contribution >= 0.6 is 0 Å². The van der Waals surface area contributed by atoms with Gasteiger partial charge in [0.2, 0.25) is 0 Å². The van der Waals surface area contributed by atoms with Crippen LogP contribution in [0.15, 0.2) is 42.6 Å². The summed E-state index contributed by atoms with van der Waals surface area (Å²) in [6, 6.07) is 13.5. The van der Waals surface area contributed by atoms with Gasteiger partial charge in [-0.05, 0) is 42.2 Å². The molecule has 2 aromatic carbocycles. The quantitative estimate of drug-likeness (QED) is 0.380. The SMILES string of the molecule is Cc1ccc2c3c1c1ccccc1c1ncc(n13)C1CCCCC21. The molecule has 3 heterocycles. The number of pyridine rings is 1. The Kier molecular flexibility index (Phi) is 2.37. The molecule has 118 valence electrons. The molecule has 2 aromatic heterocycles. The van der Waals surface area contributed by atoms with Crippen molar-refractivity contribution in [2.24, 2.45) is 0 Å². The predicted molar refractivity (Wildman–Crippen MR) is 98.9 cm³/mol. The number of imidazole rings is 1. The highest BCUT2D eigenvalue weighted by Gasteiger charge is 2.36. The van der Waals surface area contributed by atoms with Crippen molar-refractivity contribution in [1.29, 1.82) is 0 Å². The van der Waals surface area contributed by atoms with Crippen molar-refractivity contribution >= 4 is 27.3 Å². The van der Waals surface area contributed by atoms with E-state index in [-0.39, 0.29) is 0 Å². The van der Waals surface area contributed by atoms with Gasteiger partial charge >= 0.3 is 0 Å². The molecule has 1 aliphatic carbocycles. The molecule has 1 fully saturated rings. The third-order valence-electron chi connectivity index (χ3n) is 6.41. The Morgan fingerprint density at radius 2 is 1.75 bits per heavy atom. The van der Waals surface area contributed by atoms with Gasteiger partial charge < -0.3 is 0 Å². The van der Waals surface area contributed by atoms with Crippen LogP contribution in [0.4, 0.5) is 0 Å². The van der Waals surface area contributed by atoms with E-state index in [1.54, 1.807) is 5.56 Å². The normalized spacial score (nSPS) is 22.5. The molecule has 0 radical (unpaired) electrons. The van der Waals surface area contributed by atoms with Crippen molar-refractivity contribution < 1.29 is 0 Å². The molecule has 2 aliphatic rings. The van der Waals surface area contributed by atoms with E-state index in [1.807, 2.05) is 0 Å². The molecule has 6 rings (SSSR count). The second-order valence-corrected chi connectivity index (χ2v) is 7.58. The van der Waals surface area contributed by atoms with Crippen molar-refractivity contribution in [3.05, 3.63) is 59.4 Å². The maximum atomic E-state index is 4.88. The third-order valence-corrected chi connectivity index (χ3v) is 6.41. The fraction of sp³-hybridized carbons (Fsp3) is 0.318. The van der Waals surface area contributed by atoms with Crippen LogP contribution in [0.25, 0.3) is 27.3 Å². The molecule has 0 bridgehead atoms. The Morgan fingerprint density at radius 1 is 0.958 bits per heavy atom. The lowest BCUT2D eigenvalue weighted by atomic mass is 9.71. The van der Waals surface area contributed by atoms with E-state index in [0.29, 0.717) is 11.8 Å². The summed E-state index contributed by atoms with van der Waals surface area (Å²) in [5.74, 6) is 1.32. The number of hydrogen-bond donors (Lipinski definition) is 0. The Hall–Kier alpha value is -2.35. The molecule has 24 heavy (non-hydrogen) atoms. The number of rotatable bonds is 0. The van der Waals surface area contributed by atoms with Gasteiger partial charge in [-0.3, -0.25) is 4.40 Å². The maximum Gasteiger partial charge on any atom is 0.145 e. The average molecular weight is 312 g/mol. The van der Waals surface area contributed by atoms with Gasteiger partial charge in [0.1, 0.15) is 5.65 Å². The first-order valence-electron chi connectivity index (χ1n) is 9.16. The number of hydrogen-bond acceptors (Lipinski definition) is 1. The lowest BCUT2D eigenvalue weighted by Crippen LogP contribution is -2.22. The van der Waals surface area contributed by atoms with Gasteiger partial charge in [-0.1, -0.05) is 49.2 Å². The van der Waals surface area contributed by atoms with E-state index in [4.69, 9.17) is 4.98 Å². The third kappa shape index (κ3) is 1.41. The lowest BCUT2D eigenvalue weighted by molar-refractivity contribution is 0.374. The number of aromatic nitrogens is 2. The van der Waals surface area contributed by atoms with Gasteiger partial charge in [0.15, 0.2) is 0 Å². The van der Waals surface area contributed by atoms with Crippen molar-refractivity contribution in [3.8, 4) is 0 Å². The summed E-state index contributed by atoms with van der Waals surface area (Å²) < 4.78 is 2.49. The fourth-order valence-electron chi connectivity index (χ4n) is 5.39. The van der Waals surface area contributed by atoms with Gasteiger partial charge in [-0.15, -0.1) is 0 Å². The molecule has 0 amide bonds. The summed E-state index contributed by atoms with van der Waals surface area (Å²) in [6.07, 6.45) is 7.51. The van der Waals surface area contributed by atoms with Crippen molar-refractivity contribution in [1.82, 2.24) is 9.38 Å². The summed E-state index contributed by atoms with van der Waals surface area (Å²) in [6.45, 7) is 2.25. The fourth-order valence-corrected chi connectivity index (χ4v) is 5.39. The molecule has 0 saturated heterocycles. The van der Waals surface area contributed by atoms with Crippen LogP contribution in [0, 0.1) is 6.92 Å². The number of benzene rings is 2. The van der Waals surface area contributed by atoms with E-state index in [9.17, 15) is 0 Å². The monoisotopic (exact) mass is 312 g/mol. The predicted octanol–water partition coefficient (Wildman–Crippen LogP) is 5.70. The van der Waals surface area contributed by atoms with E-state index in [1.165, 1.54) is 58.6 Å². The molecular formula is C22H20N2. The highest BCUT2D eigenvalue weighted by Crippen LogP contribution is 2.51. The zero-order valence-electron chi connectivity index (χ0n) is 13.9. The summed E-state index contributed by atoms with van der Waals surface area (Å²) >= 11 is 0. The Morgan fingerprint density at radius 3 is 2.62 bits per heavy atom. The van der Waals surface area contributed by atoms with Crippen molar-refractivity contribution in [2.75, 3.05) is 0 Å². The van der Waals surface area contributed by atoms with Crippen LogP contribution in [-0.4, -0.2) is 9.38 Å². The second kappa shape index (κ2) is 4.38. The molecule has 0 spiro atoms. The molecular weight excluding hydrogens is 292 g/mol. The van der Waals surface area contributed by atoms with Gasteiger partial charge in [0, 0.05) is 28.6 Å². The summed E-state index contributed by atoms with van der Waals surface area (Å²) in [7, 11) is 0. The van der Waals surface area contributed by atoms with E-state index < -0.39 is 0 Å². The molecule has 2 heteroatoms. The summed E-state index contributed by atoms with van der Waals surface area (Å²) in [4.78, 5) is 4.88. The van der Waals surface area contributed by atoms with E-state index >= 15 is 0 Å². The lowest BCUT2D eigenvalue weighted by Gasteiger charge is -2.36. The van der Waals surface area contributed by atoms with E-state index in [2.05, 4.69) is 53.9 Å². The van der Waals surface area contributed by atoms with Crippen molar-refractivity contribution in [3.63, 3.8) is 0 Å². The Bertz CT molecular complexity index is 1140. The maximum absolute atomic E-state index is 4.88. The van der Waals surface area contributed by atoms with Crippen LogP contribution < -0.4 is 0 Å². The first-order chi connectivity index (χ1) is 11.8. The summed E-state index contributed by atoms with van der Waals surface area (Å²) in [5, 5.41) is 4.07. The average Bonchev–Trinajstić information content (AvgIpc) is 3.08. The van der Waals surface area contributed by atoms with Crippen LogP contribution in [0.1, 0.15) is 54.3 Å². The van der Waals surface area contributed by atoms with Gasteiger partial charge in [0.25, 0.3) is 0 Å². The van der Waals surface area contributed by atoms with Crippen LogP contribution in [0.5, 0.6) is 0 Å². The van der Waals surface area contributed by atoms with E-state index in [0.717, 1.165) is 5.65 Å². The first-order valence-corrected chi connectivity index (χ1v) is 9.16. The standard InChI is InChI=1S/C22H20N2/c1-13-10-11-17-14-6-2-3-7-15(14)19-12-23-22-18-9-5-4-8-16(18)20(13)21(17)24(19)22/h4-5,8-12,14-15H,2-3,6-7H2,1H3. The second-order valence-electron chi connectivity index (χ2n) is 7.58. The minimum atomic E-state index is 0.647. The van der Waals surface area contributed by atoms with Crippen LogP contribution in [0.2, 0.25) is 0 Å². The highest BCUT2D eigenvalue weighted by atomic mass is 15.0. The smallest absolute Gasteiger partial charge is 0.145 e. The Balaban J connectivity index is 1.94. The molecule has 2 nitrogen and oxygen atoms in total. The largest absolute Gasteiger partial charge is 0.296 e. The number of aryl methyl sites for hydroxylation is 1. The Labute approximate surface area is 141 Å². The topological polar surface area (TPSA) is 17.3 Å². The minimum Gasteiger partial charge on any atom is -0.296 e. The molecule has 2 atom stereocenters. The van der Waals surface area contributed by atoms with Gasteiger partial charge in [0.05, 0.1) is 5.52 Å². The van der Waals surface area contributed by atoms with Gasteiger partial charge in [-0.2, -0.15) is 0 Å². The number of fused-ring (bicyclic) bond motifs is 6. The van der Waals surface area contributed by atoms with Gasteiger partial charge in [-0.25, -0.2) is 4.98 Å². The molecule has 1 aliphatic heterocycles. The number of nitrogens with zero attached hydrogens (tertiary/aromatic N) is 2. The molecule has 0 N–H and O–H groups in total. The molecule has 2 unspecified atom stereocenters. The van der Waals surface area contributed by atoms with Crippen LogP contribution in [-0.2, 0) is 0 Å².